The molecule has 0 aliphatic heterocycles. The number of unbranched alkanes of at least 4 members (excludes halogenated alkanes) is 1. The van der Waals surface area contributed by atoms with E-state index < -0.39 is 24.7 Å². The van der Waals surface area contributed by atoms with Crippen LogP contribution in [0.25, 0.3) is 17.2 Å². The molecule has 0 aromatic heterocycles. The van der Waals surface area contributed by atoms with Crippen molar-refractivity contribution in [2.24, 2.45) is 0 Å². The Bertz CT molecular complexity index is 1190. The second-order valence-corrected chi connectivity index (χ2v) is 12.1. The summed E-state index contributed by atoms with van der Waals surface area (Å²) in [6.07, 6.45) is 4.06. The SMILES string of the molecule is CCOP(C)(=O)OCCCCOC(O)CC1=C(C)C(=Cc2ccc(S(C)=O)cc2)c2ccc(F)cc21. The molecule has 0 saturated carbocycles. The number of fused-ring (bicyclic) bond motifs is 1. The molecule has 3 rings (SSSR count). The molecule has 1 N–H and O–H groups in total. The van der Waals surface area contributed by atoms with Gasteiger partial charge in [0.2, 0.25) is 0 Å². The Labute approximate surface area is 215 Å². The molecule has 0 fully saturated rings. The molecule has 196 valence electrons. The van der Waals surface area contributed by atoms with Gasteiger partial charge in [-0.3, -0.25) is 8.77 Å². The first-order valence-electron chi connectivity index (χ1n) is 11.9. The minimum Gasteiger partial charge on any atom is -0.368 e. The Balaban J connectivity index is 1.65. The number of hydrogen-bond donors (Lipinski definition) is 1. The normalized spacial score (nSPS) is 17.8. The molecule has 0 saturated heterocycles. The second-order valence-electron chi connectivity index (χ2n) is 8.63. The van der Waals surface area contributed by atoms with Gasteiger partial charge in [0.1, 0.15) is 5.82 Å². The van der Waals surface area contributed by atoms with Gasteiger partial charge < -0.3 is 18.9 Å². The molecule has 6 nitrogen and oxygen atoms in total. The fourth-order valence-corrected chi connectivity index (χ4v) is 5.62. The summed E-state index contributed by atoms with van der Waals surface area (Å²) in [4.78, 5) is 0.754. The van der Waals surface area contributed by atoms with Crippen LogP contribution in [0.1, 0.15) is 49.8 Å². The summed E-state index contributed by atoms with van der Waals surface area (Å²) >= 11 is 0. The maximum atomic E-state index is 14.1. The van der Waals surface area contributed by atoms with Gasteiger partial charge in [-0.25, -0.2) is 4.39 Å². The van der Waals surface area contributed by atoms with Crippen LogP contribution < -0.4 is 0 Å². The van der Waals surface area contributed by atoms with Crippen LogP contribution in [0.2, 0.25) is 0 Å². The Morgan fingerprint density at radius 1 is 1.08 bits per heavy atom. The lowest BCUT2D eigenvalue weighted by molar-refractivity contribution is -0.0955. The zero-order chi connectivity index (χ0) is 26.3. The van der Waals surface area contributed by atoms with Gasteiger partial charge in [0.25, 0.3) is 0 Å². The van der Waals surface area contributed by atoms with E-state index in [1.807, 2.05) is 37.3 Å². The molecule has 36 heavy (non-hydrogen) atoms. The standard InChI is InChI=1S/C27H34FO6PS/c1-5-33-35(3,30)34-15-7-6-14-32-27(29)18-25-19(2)24(23-13-10-21(28)17-26(23)25)16-20-8-11-22(12-9-20)36(4)31/h8-13,16-17,27,29H,5-7,14-15,18H2,1-4H3. The van der Waals surface area contributed by atoms with Crippen LogP contribution in [0.15, 0.2) is 52.9 Å². The Hall–Kier alpha value is -1.93. The predicted molar refractivity (Wildman–Crippen MR) is 143 cm³/mol. The molecule has 3 atom stereocenters. The lowest BCUT2D eigenvalue weighted by Gasteiger charge is -2.15. The molecular formula is C27H34FO6PS. The van der Waals surface area contributed by atoms with Crippen molar-refractivity contribution in [2.45, 2.75) is 44.3 Å². The van der Waals surface area contributed by atoms with Gasteiger partial charge >= 0.3 is 7.60 Å². The van der Waals surface area contributed by atoms with E-state index in [1.54, 1.807) is 19.2 Å². The Morgan fingerprint density at radius 3 is 2.44 bits per heavy atom. The molecule has 2 aromatic carbocycles. The van der Waals surface area contributed by atoms with E-state index in [2.05, 4.69) is 0 Å². The summed E-state index contributed by atoms with van der Waals surface area (Å²) in [6, 6.07) is 12.2. The van der Waals surface area contributed by atoms with E-state index in [1.165, 1.54) is 18.8 Å². The van der Waals surface area contributed by atoms with Crippen molar-refractivity contribution in [3.8, 4) is 0 Å². The smallest absolute Gasteiger partial charge is 0.327 e. The van der Waals surface area contributed by atoms with E-state index in [0.29, 0.717) is 26.1 Å². The monoisotopic (exact) mass is 536 g/mol. The summed E-state index contributed by atoms with van der Waals surface area (Å²) < 4.78 is 53.7. The van der Waals surface area contributed by atoms with E-state index in [-0.39, 0.29) is 18.8 Å². The summed E-state index contributed by atoms with van der Waals surface area (Å²) in [5.41, 5.74) is 5.32. The van der Waals surface area contributed by atoms with Crippen LogP contribution >= 0.6 is 7.60 Å². The van der Waals surface area contributed by atoms with Gasteiger partial charge in [-0.1, -0.05) is 18.2 Å². The first-order chi connectivity index (χ1) is 17.1. The first kappa shape index (κ1) is 28.6. The number of ether oxygens (including phenoxy) is 1. The van der Waals surface area contributed by atoms with E-state index in [9.17, 15) is 18.3 Å². The molecular weight excluding hydrogens is 502 g/mol. The van der Waals surface area contributed by atoms with Crippen LogP contribution in [-0.4, -0.2) is 48.3 Å². The molecule has 3 unspecified atom stereocenters. The molecule has 9 heteroatoms. The molecule has 2 aromatic rings. The van der Waals surface area contributed by atoms with Crippen molar-refractivity contribution in [3.63, 3.8) is 0 Å². The third-order valence-corrected chi connectivity index (χ3v) is 8.21. The third-order valence-electron chi connectivity index (χ3n) is 5.89. The molecule has 0 spiro atoms. The highest BCUT2D eigenvalue weighted by atomic mass is 32.2. The molecule has 0 heterocycles. The van der Waals surface area contributed by atoms with Crippen molar-refractivity contribution in [1.29, 1.82) is 0 Å². The van der Waals surface area contributed by atoms with Gasteiger partial charge in [0, 0.05) is 41.6 Å². The average Bonchev–Trinajstić information content (AvgIpc) is 3.06. The first-order valence-corrected chi connectivity index (χ1v) is 15.5. The average molecular weight is 537 g/mol. The van der Waals surface area contributed by atoms with Crippen molar-refractivity contribution < 1.29 is 32.1 Å². The molecule has 1 aliphatic carbocycles. The van der Waals surface area contributed by atoms with Crippen LogP contribution in [0, 0.1) is 5.82 Å². The maximum absolute atomic E-state index is 14.1. The number of halogens is 1. The zero-order valence-corrected chi connectivity index (χ0v) is 22.9. The van der Waals surface area contributed by atoms with Crippen LogP contribution in [0.4, 0.5) is 4.39 Å². The fraction of sp³-hybridized carbons (Fsp3) is 0.407. The van der Waals surface area contributed by atoms with Gasteiger partial charge in [-0.2, -0.15) is 0 Å². The minimum absolute atomic E-state index is 0.221. The summed E-state index contributed by atoms with van der Waals surface area (Å²) in [5, 5.41) is 10.5. The van der Waals surface area contributed by atoms with E-state index >= 15 is 0 Å². The number of hydrogen-bond acceptors (Lipinski definition) is 6. The van der Waals surface area contributed by atoms with Crippen LogP contribution in [0.3, 0.4) is 0 Å². The topological polar surface area (TPSA) is 82.1 Å². The highest BCUT2D eigenvalue weighted by Crippen LogP contribution is 2.45. The molecule has 1 aliphatic rings. The third kappa shape index (κ3) is 7.78. The summed E-state index contributed by atoms with van der Waals surface area (Å²) in [5.74, 6) is -0.342. The quantitative estimate of drug-likeness (QED) is 0.185. The Kier molecular flexibility index (Phi) is 10.4. The molecule has 0 bridgehead atoms. The zero-order valence-electron chi connectivity index (χ0n) is 21.2. The number of aliphatic hydroxyl groups is 1. The number of benzene rings is 2. The highest BCUT2D eigenvalue weighted by Gasteiger charge is 2.26. The van der Waals surface area contributed by atoms with Crippen LogP contribution in [0.5, 0.6) is 0 Å². The van der Waals surface area contributed by atoms with Crippen molar-refractivity contribution in [1.82, 2.24) is 0 Å². The lowest BCUT2D eigenvalue weighted by Crippen LogP contribution is -2.14. The van der Waals surface area contributed by atoms with Crippen molar-refractivity contribution >= 4 is 35.6 Å². The Morgan fingerprint density at radius 2 is 1.78 bits per heavy atom. The number of allylic oxidation sites excluding steroid dienone is 2. The van der Waals surface area contributed by atoms with Crippen molar-refractivity contribution in [2.75, 3.05) is 32.7 Å². The number of aliphatic hydroxyl groups excluding tert-OH is 1. The van der Waals surface area contributed by atoms with Gasteiger partial charge in [-0.05, 0) is 90.4 Å². The van der Waals surface area contributed by atoms with E-state index in [4.69, 9.17) is 13.8 Å². The fourth-order valence-electron chi connectivity index (χ4n) is 4.10. The highest BCUT2D eigenvalue weighted by molar-refractivity contribution is 7.84. The van der Waals surface area contributed by atoms with E-state index in [0.717, 1.165) is 38.3 Å². The lowest BCUT2D eigenvalue weighted by atomic mass is 10.0. The molecule has 0 radical (unpaired) electrons. The largest absolute Gasteiger partial charge is 0.368 e. The second kappa shape index (κ2) is 13.0. The van der Waals surface area contributed by atoms with Gasteiger partial charge in [-0.15, -0.1) is 0 Å². The van der Waals surface area contributed by atoms with Gasteiger partial charge in [0.05, 0.1) is 13.2 Å². The van der Waals surface area contributed by atoms with Crippen LogP contribution in [-0.2, 0) is 29.1 Å². The van der Waals surface area contributed by atoms with Crippen molar-refractivity contribution in [3.05, 3.63) is 70.5 Å². The summed E-state index contributed by atoms with van der Waals surface area (Å²) in [7, 11) is -4.06. The maximum Gasteiger partial charge on any atom is 0.327 e. The summed E-state index contributed by atoms with van der Waals surface area (Å²) in [6.45, 7) is 6.09. The minimum atomic E-state index is -3.01. The molecule has 0 amide bonds. The van der Waals surface area contributed by atoms with Gasteiger partial charge in [0.15, 0.2) is 6.29 Å². The predicted octanol–water partition coefficient (Wildman–Crippen LogP) is 6.27. The number of rotatable bonds is 13.